The van der Waals surface area contributed by atoms with E-state index in [2.05, 4.69) is 34.6 Å². The molecule has 0 aromatic heterocycles. The predicted octanol–water partition coefficient (Wildman–Crippen LogP) is 4.69. The molecule has 0 N–H and O–H groups in total. The average Bonchev–Trinajstić information content (AvgIpc) is 2.25. The molecule has 80 valence electrons. The van der Waals surface area contributed by atoms with Gasteiger partial charge in [-0.3, -0.25) is 0 Å². The van der Waals surface area contributed by atoms with Crippen LogP contribution in [0.3, 0.4) is 0 Å². The molecule has 0 atom stereocenters. The van der Waals surface area contributed by atoms with Crippen molar-refractivity contribution < 1.29 is 15.9 Å². The first kappa shape index (κ1) is 13.7. The van der Waals surface area contributed by atoms with E-state index in [4.69, 9.17) is 19.1 Å². The van der Waals surface area contributed by atoms with Crippen LogP contribution in [0.15, 0.2) is 22.3 Å². The van der Waals surface area contributed by atoms with Crippen LogP contribution in [0.1, 0.15) is 34.6 Å². The summed E-state index contributed by atoms with van der Waals surface area (Å²) in [4.78, 5) is 0. The summed E-state index contributed by atoms with van der Waals surface area (Å²) in [6, 6.07) is 0. The molecule has 13 heavy (non-hydrogen) atoms. The molecule has 0 aliphatic heterocycles. The van der Waals surface area contributed by atoms with Gasteiger partial charge in [0.25, 0.3) is 0 Å². The van der Waals surface area contributed by atoms with E-state index in [1.165, 1.54) is 11.1 Å². The summed E-state index contributed by atoms with van der Waals surface area (Å²) in [5.74, 6) is 0.694. The van der Waals surface area contributed by atoms with E-state index in [1.54, 1.807) is 11.1 Å². The summed E-state index contributed by atoms with van der Waals surface area (Å²) in [6.07, 6.45) is 0. The van der Waals surface area contributed by atoms with Gasteiger partial charge in [-0.15, -0.1) is 0 Å². The quantitative estimate of drug-likeness (QED) is 0.569. The second-order valence-corrected chi connectivity index (χ2v) is 5.74. The molecule has 0 amide bonds. The van der Waals surface area contributed by atoms with E-state index < -0.39 is 0 Å². The van der Waals surface area contributed by atoms with E-state index in [0.29, 0.717) is 5.92 Å². The van der Waals surface area contributed by atoms with Crippen LogP contribution in [-0.4, -0.2) is 0 Å². The monoisotopic (exact) mass is 312 g/mol. The zero-order valence-electron chi connectivity index (χ0n) is 8.65. The minimum absolute atomic E-state index is 0.106. The zero-order chi connectivity index (χ0) is 10.6. The molecule has 0 aromatic rings. The number of halogens is 2. The van der Waals surface area contributed by atoms with Crippen LogP contribution < -0.4 is 0 Å². The molecule has 0 aromatic carbocycles. The van der Waals surface area contributed by atoms with Gasteiger partial charge < -0.3 is 0 Å². The van der Waals surface area contributed by atoms with Gasteiger partial charge in [0.2, 0.25) is 0 Å². The third-order valence-corrected chi connectivity index (χ3v) is 3.04. The van der Waals surface area contributed by atoms with Crippen molar-refractivity contribution in [2.45, 2.75) is 34.6 Å². The fraction of sp³-hybridized carbons (Fsp3) is 0.600. The van der Waals surface area contributed by atoms with Crippen molar-refractivity contribution in [3.8, 4) is 0 Å². The fourth-order valence-electron chi connectivity index (χ4n) is 1.57. The first-order chi connectivity index (χ1) is 5.97. The molecule has 0 unspecified atom stereocenters. The Hall–Kier alpha value is 0.722. The Labute approximate surface area is 97.5 Å². The molecular formula is C10H16Cl2Pd. The molecular weight excluding hydrogens is 297 g/mol. The van der Waals surface area contributed by atoms with E-state index in [9.17, 15) is 0 Å². The molecule has 0 spiro atoms. The summed E-state index contributed by atoms with van der Waals surface area (Å²) in [7, 11) is 9.63. The zero-order valence-corrected chi connectivity index (χ0v) is 11.7. The predicted molar refractivity (Wildman–Crippen MR) is 57.6 cm³/mol. The van der Waals surface area contributed by atoms with Crippen molar-refractivity contribution in [3.05, 3.63) is 22.3 Å². The molecule has 0 bridgehead atoms. The van der Waals surface area contributed by atoms with E-state index >= 15 is 0 Å². The third kappa shape index (κ3) is 3.41. The molecule has 1 aliphatic carbocycles. The van der Waals surface area contributed by atoms with Crippen molar-refractivity contribution in [2.24, 2.45) is 5.92 Å². The third-order valence-electron chi connectivity index (χ3n) is 3.04. The number of rotatable bonds is 0. The first-order valence-electron chi connectivity index (χ1n) is 4.14. The van der Waals surface area contributed by atoms with Gasteiger partial charge in [-0.1, -0.05) is 18.1 Å². The van der Waals surface area contributed by atoms with Gasteiger partial charge in [-0.05, 0) is 44.8 Å². The van der Waals surface area contributed by atoms with Gasteiger partial charge in [0.15, 0.2) is 0 Å². The van der Waals surface area contributed by atoms with E-state index in [0.717, 1.165) is 0 Å². The average molecular weight is 314 g/mol. The van der Waals surface area contributed by atoms with Crippen molar-refractivity contribution in [1.82, 2.24) is 0 Å². The SMILES string of the molecule is CC1=C(C)C(C)C(C)=C1C.[Cl][Pd][Cl]. The molecule has 0 heterocycles. The summed E-state index contributed by atoms with van der Waals surface area (Å²) in [5.41, 5.74) is 6.11. The van der Waals surface area contributed by atoms with Gasteiger partial charge >= 0.3 is 35.0 Å². The van der Waals surface area contributed by atoms with Crippen LogP contribution in [-0.2, 0) is 15.9 Å². The van der Waals surface area contributed by atoms with Crippen molar-refractivity contribution >= 4 is 19.1 Å². The van der Waals surface area contributed by atoms with Crippen LogP contribution in [0.5, 0.6) is 0 Å². The Bertz CT molecular complexity index is 217. The van der Waals surface area contributed by atoms with Crippen LogP contribution in [0.25, 0.3) is 0 Å². The van der Waals surface area contributed by atoms with Crippen LogP contribution >= 0.6 is 19.1 Å². The summed E-state index contributed by atoms with van der Waals surface area (Å²) in [6.45, 7) is 11.2. The number of hydrogen-bond donors (Lipinski definition) is 0. The number of allylic oxidation sites excluding steroid dienone is 4. The Morgan fingerprint density at radius 1 is 0.923 bits per heavy atom. The molecule has 0 fully saturated rings. The maximum atomic E-state index is 4.81. The second-order valence-electron chi connectivity index (χ2n) is 3.38. The molecule has 0 radical (unpaired) electrons. The Morgan fingerprint density at radius 2 is 1.15 bits per heavy atom. The normalized spacial score (nSPS) is 18.1. The standard InChI is InChI=1S/C10H16.2ClH.Pd/c1-6-7(2)9(4)10(5)8(6)3;;;/h6H,1-5H3;2*1H;/q;;;+2/p-2. The molecule has 1 aliphatic rings. The first-order valence-corrected chi connectivity index (χ1v) is 8.15. The molecule has 3 heteroatoms. The topological polar surface area (TPSA) is 0 Å². The summed E-state index contributed by atoms with van der Waals surface area (Å²) in [5, 5.41) is 0. The van der Waals surface area contributed by atoms with E-state index in [-0.39, 0.29) is 15.9 Å². The fourth-order valence-corrected chi connectivity index (χ4v) is 1.57. The summed E-state index contributed by atoms with van der Waals surface area (Å²) < 4.78 is 0. The van der Waals surface area contributed by atoms with Gasteiger partial charge in [0.1, 0.15) is 0 Å². The molecule has 0 saturated carbocycles. The van der Waals surface area contributed by atoms with Crippen molar-refractivity contribution in [2.75, 3.05) is 0 Å². The molecule has 0 nitrogen and oxygen atoms in total. The van der Waals surface area contributed by atoms with Crippen LogP contribution in [0.2, 0.25) is 0 Å². The second kappa shape index (κ2) is 6.25. The van der Waals surface area contributed by atoms with Gasteiger partial charge in [-0.2, -0.15) is 0 Å². The minimum atomic E-state index is -0.106. The van der Waals surface area contributed by atoms with Gasteiger partial charge in [-0.25, -0.2) is 0 Å². The van der Waals surface area contributed by atoms with E-state index in [1.807, 2.05) is 0 Å². The number of hydrogen-bond acceptors (Lipinski definition) is 0. The Balaban J connectivity index is 0.000000424. The summed E-state index contributed by atoms with van der Waals surface area (Å²) >= 11 is -0.106. The van der Waals surface area contributed by atoms with Crippen molar-refractivity contribution in [3.63, 3.8) is 0 Å². The maximum absolute atomic E-state index is 4.81. The van der Waals surface area contributed by atoms with Crippen LogP contribution in [0.4, 0.5) is 0 Å². The van der Waals surface area contributed by atoms with Crippen LogP contribution in [0, 0.1) is 5.92 Å². The van der Waals surface area contributed by atoms with Crippen molar-refractivity contribution in [1.29, 1.82) is 0 Å². The van der Waals surface area contributed by atoms with Gasteiger partial charge in [0, 0.05) is 0 Å². The Kier molecular flexibility index (Phi) is 6.60. The van der Waals surface area contributed by atoms with Gasteiger partial charge in [0.05, 0.1) is 0 Å². The molecule has 1 rings (SSSR count). The Morgan fingerprint density at radius 3 is 1.23 bits per heavy atom. The molecule has 0 saturated heterocycles.